The maximum absolute atomic E-state index is 12.7. The Kier molecular flexibility index (Phi) is 4.07. The summed E-state index contributed by atoms with van der Waals surface area (Å²) in [6, 6.07) is 5.76. The van der Waals surface area contributed by atoms with E-state index in [2.05, 4.69) is 10.3 Å². The summed E-state index contributed by atoms with van der Waals surface area (Å²) in [7, 11) is 0. The van der Waals surface area contributed by atoms with Crippen molar-refractivity contribution >= 4 is 41.3 Å². The molecule has 1 aromatic rings. The molecule has 2 aliphatic carbocycles. The Morgan fingerprint density at radius 2 is 1.88 bits per heavy atom. The lowest BCUT2D eigenvalue weighted by molar-refractivity contribution is -0.131. The number of imide groups is 2. The standard InChI is InChI=1S/C18H18ClN3O3/c19-12-3-5-13(6-4-12)22-17(24)14(16(23)21-18(22)25)9-20-15-8-10-1-2-11(15)7-10/h3-6,9-11,14-15H,1-2,7-8H2,(H,21,23,25)/t10-,11-,14+,15+/m0/s1. The average Bonchev–Trinajstić information content (AvgIpc) is 3.19. The largest absolute Gasteiger partial charge is 0.335 e. The molecule has 4 amide bonds. The van der Waals surface area contributed by atoms with Gasteiger partial charge in [0.25, 0.3) is 5.91 Å². The highest BCUT2D eigenvalue weighted by Gasteiger charge is 2.42. The summed E-state index contributed by atoms with van der Waals surface area (Å²) < 4.78 is 0. The lowest BCUT2D eigenvalue weighted by Crippen LogP contribution is -2.58. The molecule has 0 radical (unpaired) electrons. The summed E-state index contributed by atoms with van der Waals surface area (Å²) in [6.45, 7) is 0. The molecule has 0 aromatic heterocycles. The Bertz CT molecular complexity index is 761. The van der Waals surface area contributed by atoms with E-state index in [-0.39, 0.29) is 6.04 Å². The van der Waals surface area contributed by atoms with Crippen LogP contribution < -0.4 is 10.2 Å². The smallest absolute Gasteiger partial charge is 0.293 e. The maximum atomic E-state index is 12.7. The molecule has 0 unspecified atom stereocenters. The molecule has 4 rings (SSSR count). The van der Waals surface area contributed by atoms with E-state index in [9.17, 15) is 14.4 Å². The van der Waals surface area contributed by atoms with Gasteiger partial charge in [-0.15, -0.1) is 0 Å². The van der Waals surface area contributed by atoms with Gasteiger partial charge in [-0.2, -0.15) is 0 Å². The number of halogens is 1. The summed E-state index contributed by atoms with van der Waals surface area (Å²) >= 11 is 5.85. The second-order valence-corrected chi connectivity index (χ2v) is 7.40. The van der Waals surface area contributed by atoms with Crippen molar-refractivity contribution in [3.8, 4) is 0 Å². The third kappa shape index (κ3) is 2.95. The van der Waals surface area contributed by atoms with Crippen molar-refractivity contribution < 1.29 is 14.4 Å². The normalized spacial score (nSPS) is 31.9. The zero-order valence-electron chi connectivity index (χ0n) is 13.5. The second kappa shape index (κ2) is 6.26. The van der Waals surface area contributed by atoms with Gasteiger partial charge in [0.1, 0.15) is 0 Å². The number of aliphatic imine (C=N–C) groups is 1. The number of rotatable bonds is 3. The minimum absolute atomic E-state index is 0.195. The molecular formula is C18H18ClN3O3. The van der Waals surface area contributed by atoms with Gasteiger partial charge in [-0.3, -0.25) is 19.9 Å². The van der Waals surface area contributed by atoms with Gasteiger partial charge in [-0.25, -0.2) is 9.69 Å². The number of carbonyl (C=O) groups is 3. The van der Waals surface area contributed by atoms with Gasteiger partial charge >= 0.3 is 6.03 Å². The SMILES string of the molecule is O=C1NC(=O)N(c2ccc(Cl)cc2)C(=O)[C@@H]1C=N[C@@H]1C[C@H]2CC[C@H]1C2. The van der Waals surface area contributed by atoms with Crippen LogP contribution in [0.1, 0.15) is 25.7 Å². The van der Waals surface area contributed by atoms with Crippen molar-refractivity contribution in [2.24, 2.45) is 22.7 Å². The number of hydrogen-bond donors (Lipinski definition) is 1. The number of carbonyl (C=O) groups excluding carboxylic acids is 3. The Morgan fingerprint density at radius 3 is 2.52 bits per heavy atom. The number of barbiturate groups is 1. The first-order valence-electron chi connectivity index (χ1n) is 8.50. The fourth-order valence-corrected chi connectivity index (χ4v) is 4.27. The van der Waals surface area contributed by atoms with Gasteiger partial charge in [-0.1, -0.05) is 18.0 Å². The highest BCUT2D eigenvalue weighted by atomic mass is 35.5. The fraction of sp³-hybridized carbons (Fsp3) is 0.444. The van der Waals surface area contributed by atoms with Gasteiger partial charge in [0.05, 0.1) is 11.7 Å². The highest BCUT2D eigenvalue weighted by Crippen LogP contribution is 2.45. The number of fused-ring (bicyclic) bond motifs is 2. The van der Waals surface area contributed by atoms with Crippen LogP contribution in [0.4, 0.5) is 10.5 Å². The van der Waals surface area contributed by atoms with Gasteiger partial charge in [0, 0.05) is 11.2 Å². The third-order valence-electron chi connectivity index (χ3n) is 5.41. The molecule has 1 N–H and O–H groups in total. The zero-order chi connectivity index (χ0) is 17.6. The molecule has 6 nitrogen and oxygen atoms in total. The molecule has 1 heterocycles. The van der Waals surface area contributed by atoms with Crippen LogP contribution in [0.25, 0.3) is 0 Å². The summed E-state index contributed by atoms with van der Waals surface area (Å²) in [4.78, 5) is 42.4. The number of benzene rings is 1. The maximum Gasteiger partial charge on any atom is 0.335 e. The number of hydrogen-bond acceptors (Lipinski definition) is 4. The van der Waals surface area contributed by atoms with Crippen LogP contribution in [0, 0.1) is 17.8 Å². The first-order chi connectivity index (χ1) is 12.0. The van der Waals surface area contributed by atoms with Crippen LogP contribution in [-0.2, 0) is 9.59 Å². The van der Waals surface area contributed by atoms with Crippen molar-refractivity contribution in [3.63, 3.8) is 0 Å². The molecule has 1 aromatic carbocycles. The van der Waals surface area contributed by atoms with Crippen molar-refractivity contribution in [1.82, 2.24) is 5.32 Å². The molecule has 2 saturated carbocycles. The Labute approximate surface area is 150 Å². The molecule has 0 spiro atoms. The quantitative estimate of drug-likeness (QED) is 0.665. The predicted molar refractivity (Wildman–Crippen MR) is 93.7 cm³/mol. The number of urea groups is 1. The first kappa shape index (κ1) is 16.3. The Hall–Kier alpha value is -2.21. The molecule has 1 saturated heterocycles. The molecule has 2 bridgehead atoms. The van der Waals surface area contributed by atoms with E-state index in [0.717, 1.165) is 17.2 Å². The van der Waals surface area contributed by atoms with Crippen molar-refractivity contribution in [2.75, 3.05) is 4.90 Å². The van der Waals surface area contributed by atoms with E-state index in [1.165, 1.54) is 25.5 Å². The predicted octanol–water partition coefficient (Wildman–Crippen LogP) is 2.80. The van der Waals surface area contributed by atoms with Crippen LogP contribution in [-0.4, -0.2) is 30.1 Å². The topological polar surface area (TPSA) is 78.8 Å². The van der Waals surface area contributed by atoms with E-state index in [1.54, 1.807) is 24.3 Å². The number of amides is 4. The molecule has 1 aliphatic heterocycles. The number of nitrogens with one attached hydrogen (secondary N) is 1. The van der Waals surface area contributed by atoms with E-state index in [0.29, 0.717) is 16.6 Å². The van der Waals surface area contributed by atoms with Crippen LogP contribution in [0.2, 0.25) is 5.02 Å². The number of nitrogens with zero attached hydrogens (tertiary/aromatic N) is 2. The van der Waals surface area contributed by atoms with Gasteiger partial charge in [0.2, 0.25) is 5.91 Å². The van der Waals surface area contributed by atoms with Gasteiger partial charge in [0.15, 0.2) is 5.92 Å². The van der Waals surface area contributed by atoms with Crippen LogP contribution in [0.5, 0.6) is 0 Å². The highest BCUT2D eigenvalue weighted by molar-refractivity contribution is 6.33. The minimum Gasteiger partial charge on any atom is -0.293 e. The fourth-order valence-electron chi connectivity index (χ4n) is 4.15. The van der Waals surface area contributed by atoms with Crippen LogP contribution >= 0.6 is 11.6 Å². The molecular weight excluding hydrogens is 342 g/mol. The van der Waals surface area contributed by atoms with Crippen molar-refractivity contribution in [3.05, 3.63) is 29.3 Å². The minimum atomic E-state index is -1.08. The molecule has 4 atom stereocenters. The average molecular weight is 360 g/mol. The van der Waals surface area contributed by atoms with Crippen LogP contribution in [0.15, 0.2) is 29.3 Å². The zero-order valence-corrected chi connectivity index (χ0v) is 14.3. The number of anilines is 1. The molecule has 7 heteroatoms. The lowest BCUT2D eigenvalue weighted by Gasteiger charge is -2.29. The summed E-state index contributed by atoms with van der Waals surface area (Å²) in [5.74, 6) is -0.977. The Balaban J connectivity index is 1.55. The molecule has 3 aliphatic rings. The second-order valence-electron chi connectivity index (χ2n) is 6.96. The van der Waals surface area contributed by atoms with Gasteiger partial charge < -0.3 is 0 Å². The van der Waals surface area contributed by atoms with E-state index < -0.39 is 23.8 Å². The summed E-state index contributed by atoms with van der Waals surface area (Å²) in [6.07, 6.45) is 6.09. The third-order valence-corrected chi connectivity index (χ3v) is 5.67. The van der Waals surface area contributed by atoms with E-state index in [4.69, 9.17) is 11.6 Å². The molecule has 3 fully saturated rings. The van der Waals surface area contributed by atoms with E-state index in [1.807, 2.05) is 0 Å². The summed E-state index contributed by atoms with van der Waals surface area (Å²) in [5.41, 5.74) is 0.373. The van der Waals surface area contributed by atoms with E-state index >= 15 is 0 Å². The van der Waals surface area contributed by atoms with Crippen molar-refractivity contribution in [2.45, 2.75) is 31.7 Å². The van der Waals surface area contributed by atoms with Crippen LogP contribution in [0.3, 0.4) is 0 Å². The molecule has 25 heavy (non-hydrogen) atoms. The monoisotopic (exact) mass is 359 g/mol. The molecule has 130 valence electrons. The van der Waals surface area contributed by atoms with Gasteiger partial charge in [-0.05, 0) is 55.4 Å². The summed E-state index contributed by atoms with van der Waals surface area (Å²) in [5, 5.41) is 2.73. The van der Waals surface area contributed by atoms with Crippen molar-refractivity contribution in [1.29, 1.82) is 0 Å². The first-order valence-corrected chi connectivity index (χ1v) is 8.88. The Morgan fingerprint density at radius 1 is 1.12 bits per heavy atom. The lowest BCUT2D eigenvalue weighted by atomic mass is 9.95.